The minimum atomic E-state index is -1.36. The molecular formula is C29H37FN2O6. The average molecular weight is 529 g/mol. The number of benzene rings is 2. The summed E-state index contributed by atoms with van der Waals surface area (Å²) in [5.74, 6) is -0.244. The second kappa shape index (κ2) is 12.9. The van der Waals surface area contributed by atoms with Gasteiger partial charge in [-0.05, 0) is 76.4 Å². The first-order chi connectivity index (χ1) is 18.0. The van der Waals surface area contributed by atoms with Gasteiger partial charge in [0.1, 0.15) is 23.3 Å². The number of aliphatic imine (C=N–C) groups is 1. The van der Waals surface area contributed by atoms with Crippen LogP contribution >= 0.6 is 0 Å². The molecule has 8 nitrogen and oxygen atoms in total. The third kappa shape index (κ3) is 7.77. The van der Waals surface area contributed by atoms with Crippen LogP contribution in [0.1, 0.15) is 58.1 Å². The maximum absolute atomic E-state index is 14.0. The lowest BCUT2D eigenvalue weighted by Crippen LogP contribution is -2.51. The number of nitrogens with zero attached hydrogens (tertiary/aromatic N) is 1. The van der Waals surface area contributed by atoms with E-state index in [1.165, 1.54) is 6.07 Å². The smallest absolute Gasteiger partial charge is 0.306 e. The van der Waals surface area contributed by atoms with E-state index in [0.717, 1.165) is 0 Å². The van der Waals surface area contributed by atoms with Crippen LogP contribution in [0.4, 0.5) is 4.39 Å². The monoisotopic (exact) mass is 528 g/mol. The first-order valence-corrected chi connectivity index (χ1v) is 12.9. The molecule has 0 saturated carbocycles. The predicted octanol–water partition coefficient (Wildman–Crippen LogP) is 3.97. The molecule has 1 amide bonds. The summed E-state index contributed by atoms with van der Waals surface area (Å²) >= 11 is 0. The maximum atomic E-state index is 14.0. The van der Waals surface area contributed by atoms with Crippen LogP contribution in [-0.2, 0) is 25.5 Å². The molecule has 0 saturated heterocycles. The van der Waals surface area contributed by atoms with E-state index in [4.69, 9.17) is 24.3 Å². The van der Waals surface area contributed by atoms with E-state index in [0.29, 0.717) is 36.3 Å². The van der Waals surface area contributed by atoms with Crippen molar-refractivity contribution in [3.8, 4) is 5.75 Å². The molecule has 0 spiro atoms. The first kappa shape index (κ1) is 29.1. The molecule has 0 aromatic heterocycles. The molecule has 1 aliphatic heterocycles. The Balaban J connectivity index is 1.79. The van der Waals surface area contributed by atoms with Crippen molar-refractivity contribution in [2.75, 3.05) is 19.8 Å². The largest absolute Gasteiger partial charge is 0.494 e. The number of ether oxygens (including phenoxy) is 3. The number of hydrogen-bond donors (Lipinski definition) is 2. The lowest BCUT2D eigenvalue weighted by atomic mass is 9.87. The van der Waals surface area contributed by atoms with Gasteiger partial charge in [0, 0.05) is 31.6 Å². The Labute approximate surface area is 223 Å². The molecule has 3 rings (SSSR count). The summed E-state index contributed by atoms with van der Waals surface area (Å²) in [4.78, 5) is 30.8. The molecule has 206 valence electrons. The molecule has 38 heavy (non-hydrogen) atoms. The van der Waals surface area contributed by atoms with Crippen LogP contribution in [0.5, 0.6) is 5.75 Å². The highest BCUT2D eigenvalue weighted by Crippen LogP contribution is 2.34. The first-order valence-electron chi connectivity index (χ1n) is 12.9. The van der Waals surface area contributed by atoms with E-state index in [-0.39, 0.29) is 37.7 Å². The summed E-state index contributed by atoms with van der Waals surface area (Å²) in [7, 11) is 0. The molecule has 2 aromatic carbocycles. The number of carbonyl (C=O) groups is 2. The van der Waals surface area contributed by atoms with Crippen molar-refractivity contribution < 1.29 is 33.3 Å². The van der Waals surface area contributed by atoms with Crippen molar-refractivity contribution in [3.05, 3.63) is 65.5 Å². The normalized spacial score (nSPS) is 18.9. The zero-order chi connectivity index (χ0) is 27.8. The van der Waals surface area contributed by atoms with E-state index >= 15 is 0 Å². The molecule has 1 aliphatic rings. The third-order valence-electron chi connectivity index (χ3n) is 6.10. The topological polar surface area (TPSA) is 106 Å². The second-order valence-electron chi connectivity index (χ2n) is 10.2. The SMILES string of the molecule is C[C@H]1OC(c2ccc(OCCCO)cc2)=N[C@@]1(CCC(=O)OC(C)(C)C)C(=O)NCCc1ccccc1F. The van der Waals surface area contributed by atoms with Crippen LogP contribution in [0.2, 0.25) is 0 Å². The highest BCUT2D eigenvalue weighted by molar-refractivity contribution is 6.00. The van der Waals surface area contributed by atoms with Gasteiger partial charge >= 0.3 is 5.97 Å². The van der Waals surface area contributed by atoms with Gasteiger partial charge in [-0.1, -0.05) is 18.2 Å². The van der Waals surface area contributed by atoms with Crippen LogP contribution in [0.15, 0.2) is 53.5 Å². The maximum Gasteiger partial charge on any atom is 0.306 e. The fourth-order valence-electron chi connectivity index (χ4n) is 4.10. The Kier molecular flexibility index (Phi) is 9.85. The molecule has 0 bridgehead atoms. The van der Waals surface area contributed by atoms with Crippen molar-refractivity contribution in [2.24, 2.45) is 4.99 Å². The zero-order valence-corrected chi connectivity index (χ0v) is 22.5. The number of aliphatic hydroxyl groups is 1. The number of nitrogens with one attached hydrogen (secondary N) is 1. The number of hydrogen-bond acceptors (Lipinski definition) is 7. The van der Waals surface area contributed by atoms with Crippen LogP contribution in [0.3, 0.4) is 0 Å². The van der Waals surface area contributed by atoms with E-state index in [1.807, 2.05) is 0 Å². The third-order valence-corrected chi connectivity index (χ3v) is 6.10. The van der Waals surface area contributed by atoms with Crippen molar-refractivity contribution in [1.29, 1.82) is 0 Å². The quantitative estimate of drug-likeness (QED) is 0.319. The molecule has 0 aliphatic carbocycles. The van der Waals surface area contributed by atoms with Gasteiger partial charge in [0.05, 0.1) is 6.61 Å². The minimum Gasteiger partial charge on any atom is -0.494 e. The summed E-state index contributed by atoms with van der Waals surface area (Å²) in [6, 6.07) is 13.5. The van der Waals surface area contributed by atoms with E-state index in [1.54, 1.807) is 70.2 Å². The fourth-order valence-corrected chi connectivity index (χ4v) is 4.10. The van der Waals surface area contributed by atoms with Gasteiger partial charge in [0.2, 0.25) is 5.90 Å². The average Bonchev–Trinajstić information content (AvgIpc) is 3.20. The van der Waals surface area contributed by atoms with Gasteiger partial charge in [-0.2, -0.15) is 0 Å². The molecule has 2 atom stereocenters. The molecule has 9 heteroatoms. The standard InChI is InChI=1S/C29H37FN2O6/c1-20-29(16-14-25(34)38-28(2,3)4,27(35)31-17-15-21-8-5-6-9-24(21)30)32-26(37-20)22-10-12-23(13-11-22)36-19-7-18-33/h5-6,8-13,20,33H,7,14-19H2,1-4H3,(H,31,35)/t20-,29-/m1/s1. The van der Waals surface area contributed by atoms with Crippen LogP contribution in [0, 0.1) is 5.82 Å². The molecule has 2 N–H and O–H groups in total. The molecule has 0 unspecified atom stereocenters. The molecule has 2 aromatic rings. The number of rotatable bonds is 12. The van der Waals surface area contributed by atoms with Crippen molar-refractivity contribution in [3.63, 3.8) is 0 Å². The van der Waals surface area contributed by atoms with E-state index in [2.05, 4.69) is 5.32 Å². The van der Waals surface area contributed by atoms with E-state index in [9.17, 15) is 14.0 Å². The van der Waals surface area contributed by atoms with Crippen molar-refractivity contribution in [2.45, 2.75) is 70.6 Å². The summed E-state index contributed by atoms with van der Waals surface area (Å²) in [5, 5.41) is 11.8. The fraction of sp³-hybridized carbons (Fsp3) is 0.483. The molecule has 0 fully saturated rings. The Morgan fingerprint density at radius 2 is 1.87 bits per heavy atom. The Morgan fingerprint density at radius 3 is 2.53 bits per heavy atom. The van der Waals surface area contributed by atoms with Crippen molar-refractivity contribution in [1.82, 2.24) is 5.32 Å². The second-order valence-corrected chi connectivity index (χ2v) is 10.2. The zero-order valence-electron chi connectivity index (χ0n) is 22.5. The van der Waals surface area contributed by atoms with Crippen LogP contribution in [-0.4, -0.2) is 59.9 Å². The predicted molar refractivity (Wildman–Crippen MR) is 142 cm³/mol. The number of amides is 1. The van der Waals surface area contributed by atoms with Crippen LogP contribution in [0.25, 0.3) is 0 Å². The number of halogens is 1. The Hall–Kier alpha value is -3.46. The van der Waals surface area contributed by atoms with Crippen LogP contribution < -0.4 is 10.1 Å². The number of esters is 1. The van der Waals surface area contributed by atoms with Gasteiger partial charge in [0.15, 0.2) is 5.54 Å². The Morgan fingerprint density at radius 1 is 1.16 bits per heavy atom. The van der Waals surface area contributed by atoms with Gasteiger partial charge in [0.25, 0.3) is 5.91 Å². The summed E-state index contributed by atoms with van der Waals surface area (Å²) < 4.78 is 31.1. The summed E-state index contributed by atoms with van der Waals surface area (Å²) in [6.07, 6.45) is 0.236. The highest BCUT2D eigenvalue weighted by Gasteiger charge is 2.50. The number of aliphatic hydroxyl groups excluding tert-OH is 1. The summed E-state index contributed by atoms with van der Waals surface area (Å²) in [6.45, 7) is 7.74. The van der Waals surface area contributed by atoms with Gasteiger partial charge in [-0.25, -0.2) is 9.38 Å². The van der Waals surface area contributed by atoms with Gasteiger partial charge < -0.3 is 24.6 Å². The summed E-state index contributed by atoms with van der Waals surface area (Å²) in [5.41, 5.74) is -0.862. The molecule has 0 radical (unpaired) electrons. The van der Waals surface area contributed by atoms with Crippen molar-refractivity contribution >= 4 is 17.8 Å². The van der Waals surface area contributed by atoms with Gasteiger partial charge in [-0.3, -0.25) is 9.59 Å². The molecular weight excluding hydrogens is 491 g/mol. The Bertz CT molecular complexity index is 1130. The number of carbonyl (C=O) groups excluding carboxylic acids is 2. The molecule has 1 heterocycles. The minimum absolute atomic E-state index is 0.0277. The lowest BCUT2D eigenvalue weighted by Gasteiger charge is -2.28. The highest BCUT2D eigenvalue weighted by atomic mass is 19.1. The lowest BCUT2D eigenvalue weighted by molar-refractivity contribution is -0.155. The van der Waals surface area contributed by atoms with Gasteiger partial charge in [-0.15, -0.1) is 0 Å². The van der Waals surface area contributed by atoms with E-state index < -0.39 is 29.1 Å².